The molecule has 1 aromatic heterocycles. The molecule has 0 aliphatic heterocycles. The van der Waals surface area contributed by atoms with Gasteiger partial charge in [-0.25, -0.2) is 0 Å². The van der Waals surface area contributed by atoms with Gasteiger partial charge in [-0.05, 0) is 89.2 Å². The van der Waals surface area contributed by atoms with E-state index < -0.39 is 36.3 Å². The summed E-state index contributed by atoms with van der Waals surface area (Å²) in [4.78, 5) is 0. The predicted molar refractivity (Wildman–Crippen MR) is 200 cm³/mol. The molecule has 218 valence electrons. The number of benzene rings is 9. The quantitative estimate of drug-likeness (QED) is 0.183. The summed E-state index contributed by atoms with van der Waals surface area (Å²) in [6.45, 7) is 0. The van der Waals surface area contributed by atoms with Crippen molar-refractivity contribution >= 4 is 65.0 Å². The minimum absolute atomic E-state index is 0.0123. The first-order valence-corrected chi connectivity index (χ1v) is 15.5. The van der Waals surface area contributed by atoms with Crippen molar-refractivity contribution in [2.24, 2.45) is 0 Å². The molecule has 10 aromatic rings. The van der Waals surface area contributed by atoms with Crippen LogP contribution in [0.15, 0.2) is 174 Å². The first kappa shape index (κ1) is 18.7. The van der Waals surface area contributed by atoms with Gasteiger partial charge in [0.05, 0.1) is 12.3 Å². The molecule has 0 spiro atoms. The van der Waals surface area contributed by atoms with Gasteiger partial charge in [0.15, 0.2) is 0 Å². The molecule has 0 amide bonds. The van der Waals surface area contributed by atoms with E-state index in [2.05, 4.69) is 36.4 Å². The molecule has 10 rings (SSSR count). The highest BCUT2D eigenvalue weighted by molar-refractivity contribution is 6.25. The molecule has 0 saturated carbocycles. The van der Waals surface area contributed by atoms with Crippen molar-refractivity contribution in [3.05, 3.63) is 170 Å². The summed E-state index contributed by atoms with van der Waals surface area (Å²) in [6.07, 6.45) is 0. The Kier molecular flexibility index (Phi) is 4.05. The smallest absolute Gasteiger partial charge is 0.143 e. The van der Waals surface area contributed by atoms with Crippen LogP contribution in [0, 0.1) is 0 Å². The fourth-order valence-corrected chi connectivity index (χ4v) is 7.10. The number of hydrogen-bond acceptors (Lipinski definition) is 1. The molecule has 1 nitrogen and oxygen atoms in total. The fourth-order valence-electron chi connectivity index (χ4n) is 7.10. The monoisotopic (exact) mass is 605 g/mol. The molecule has 47 heavy (non-hydrogen) atoms. The standard InChI is InChI=1S/C46H28O/c1-2-12-29(13-3-1)32-26-27-41(35-17-7-6-16-34(32)35)45-39-20-10-8-18-37(39)44(38-19-9-11-21-40(38)45)31-23-24-36-42-25-22-30-14-4-5-15-33(30)46(42)47-43(36)28-31/h1-28H/i4D,5D,14D,15D,22D,23D,24D,25D,28D. The van der Waals surface area contributed by atoms with Gasteiger partial charge in [0.1, 0.15) is 11.2 Å². The number of rotatable bonds is 3. The van der Waals surface area contributed by atoms with Gasteiger partial charge in [-0.2, -0.15) is 0 Å². The molecule has 0 atom stereocenters. The second-order valence-corrected chi connectivity index (χ2v) is 11.7. The Morgan fingerprint density at radius 1 is 0.383 bits per heavy atom. The third kappa shape index (κ3) is 3.90. The topological polar surface area (TPSA) is 13.1 Å². The molecule has 0 aliphatic rings. The molecule has 0 saturated heterocycles. The Bertz CT molecular complexity index is 3300. The Morgan fingerprint density at radius 3 is 1.68 bits per heavy atom. The van der Waals surface area contributed by atoms with Crippen LogP contribution in [0.5, 0.6) is 0 Å². The highest BCUT2D eigenvalue weighted by Crippen LogP contribution is 2.47. The van der Waals surface area contributed by atoms with E-state index in [1.54, 1.807) is 0 Å². The second-order valence-electron chi connectivity index (χ2n) is 11.7. The zero-order valence-electron chi connectivity index (χ0n) is 33.9. The van der Waals surface area contributed by atoms with Crippen molar-refractivity contribution in [2.45, 2.75) is 0 Å². The third-order valence-electron chi connectivity index (χ3n) is 9.15. The van der Waals surface area contributed by atoms with Gasteiger partial charge in [-0.1, -0.05) is 152 Å². The third-order valence-corrected chi connectivity index (χ3v) is 9.15. The lowest BCUT2D eigenvalue weighted by molar-refractivity contribution is 0.673. The van der Waals surface area contributed by atoms with Gasteiger partial charge in [-0.3, -0.25) is 0 Å². The van der Waals surface area contributed by atoms with Crippen LogP contribution >= 0.6 is 0 Å². The first-order chi connectivity index (χ1) is 27.1. The van der Waals surface area contributed by atoms with Crippen LogP contribution < -0.4 is 0 Å². The van der Waals surface area contributed by atoms with E-state index in [0.29, 0.717) is 5.56 Å². The van der Waals surface area contributed by atoms with Crippen LogP contribution in [0.2, 0.25) is 0 Å². The van der Waals surface area contributed by atoms with Crippen molar-refractivity contribution in [3.8, 4) is 33.4 Å². The molecule has 0 bridgehead atoms. The first-order valence-electron chi connectivity index (χ1n) is 20.0. The lowest BCUT2D eigenvalue weighted by atomic mass is 9.83. The Labute approximate surface area is 284 Å². The van der Waals surface area contributed by atoms with Crippen LogP contribution in [0.25, 0.3) is 98.4 Å². The molecule has 0 unspecified atom stereocenters. The molecule has 0 fully saturated rings. The maximum absolute atomic E-state index is 9.68. The lowest BCUT2D eigenvalue weighted by Gasteiger charge is -2.19. The van der Waals surface area contributed by atoms with E-state index in [0.717, 1.165) is 54.6 Å². The average Bonchev–Trinajstić information content (AvgIpc) is 3.64. The van der Waals surface area contributed by atoms with Crippen LogP contribution in [0.4, 0.5) is 0 Å². The van der Waals surface area contributed by atoms with E-state index in [4.69, 9.17) is 12.6 Å². The van der Waals surface area contributed by atoms with Crippen molar-refractivity contribution in [3.63, 3.8) is 0 Å². The van der Waals surface area contributed by atoms with Crippen LogP contribution in [0.1, 0.15) is 12.3 Å². The van der Waals surface area contributed by atoms with Gasteiger partial charge in [0.2, 0.25) is 0 Å². The van der Waals surface area contributed by atoms with Gasteiger partial charge in [-0.15, -0.1) is 0 Å². The highest BCUT2D eigenvalue weighted by Gasteiger charge is 2.20. The molecule has 9 aromatic carbocycles. The summed E-state index contributed by atoms with van der Waals surface area (Å²) in [5.74, 6) is 0. The second kappa shape index (κ2) is 10.2. The normalized spacial score (nSPS) is 14.5. The average molecular weight is 606 g/mol. The number of hydrogen-bond donors (Lipinski definition) is 0. The van der Waals surface area contributed by atoms with Crippen LogP contribution in [-0.4, -0.2) is 0 Å². The van der Waals surface area contributed by atoms with Crippen LogP contribution in [-0.2, 0) is 0 Å². The fraction of sp³-hybridized carbons (Fsp3) is 0. The predicted octanol–water partition coefficient (Wildman–Crippen LogP) is 13.2. The number of fused-ring (bicyclic) bond motifs is 8. The summed E-state index contributed by atoms with van der Waals surface area (Å²) in [5, 5.41) is 5.18. The van der Waals surface area contributed by atoms with E-state index in [-0.39, 0.29) is 56.4 Å². The van der Waals surface area contributed by atoms with E-state index in [9.17, 15) is 4.11 Å². The lowest BCUT2D eigenvalue weighted by Crippen LogP contribution is -1.92. The summed E-state index contributed by atoms with van der Waals surface area (Å²) in [6, 6.07) is 35.1. The molecule has 0 radical (unpaired) electrons. The molecular formula is C46H28O. The molecule has 0 N–H and O–H groups in total. The SMILES string of the molecule is [2H]c1c([2H])c([2H])c2c(c1[2H])c([2H])c([2H])c1c2oc2c([2H])c(-c3c4ccccc4c(-c4ccc(-c5ccccc5)c5ccccc45)c4ccccc34)c([2H])c([2H])c21. The summed E-state index contributed by atoms with van der Waals surface area (Å²) in [7, 11) is 0. The van der Waals surface area contributed by atoms with Crippen molar-refractivity contribution in [1.82, 2.24) is 0 Å². The summed E-state index contributed by atoms with van der Waals surface area (Å²) in [5.41, 5.74) is 4.78. The van der Waals surface area contributed by atoms with Gasteiger partial charge in [0, 0.05) is 16.2 Å². The Morgan fingerprint density at radius 2 is 0.957 bits per heavy atom. The Balaban J connectivity index is 1.33. The zero-order valence-corrected chi connectivity index (χ0v) is 24.9. The largest absolute Gasteiger partial charge is 0.455 e. The van der Waals surface area contributed by atoms with Gasteiger partial charge >= 0.3 is 0 Å². The van der Waals surface area contributed by atoms with E-state index in [1.807, 2.05) is 78.9 Å². The Hall–Kier alpha value is -6.18. The minimum Gasteiger partial charge on any atom is -0.455 e. The minimum atomic E-state index is -0.536. The zero-order chi connectivity index (χ0) is 38.7. The van der Waals surface area contributed by atoms with Crippen molar-refractivity contribution < 1.29 is 16.8 Å². The maximum atomic E-state index is 9.68. The molecule has 1 heteroatoms. The molecule has 1 heterocycles. The molecular weight excluding hydrogens is 569 g/mol. The number of furan rings is 1. The van der Waals surface area contributed by atoms with Crippen molar-refractivity contribution in [1.29, 1.82) is 0 Å². The van der Waals surface area contributed by atoms with E-state index in [1.165, 1.54) is 0 Å². The maximum Gasteiger partial charge on any atom is 0.143 e. The van der Waals surface area contributed by atoms with E-state index >= 15 is 0 Å². The summed E-state index contributed by atoms with van der Waals surface area (Å²) >= 11 is 0. The van der Waals surface area contributed by atoms with Crippen molar-refractivity contribution in [2.75, 3.05) is 0 Å². The van der Waals surface area contributed by atoms with Gasteiger partial charge < -0.3 is 4.42 Å². The van der Waals surface area contributed by atoms with Gasteiger partial charge in [0.25, 0.3) is 0 Å². The highest BCUT2D eigenvalue weighted by atomic mass is 16.3. The molecule has 0 aliphatic carbocycles. The van der Waals surface area contributed by atoms with Crippen LogP contribution in [0.3, 0.4) is 0 Å². The summed E-state index contributed by atoms with van der Waals surface area (Å²) < 4.78 is 86.4.